The van der Waals surface area contributed by atoms with Crippen molar-refractivity contribution in [2.75, 3.05) is 13.1 Å². The van der Waals surface area contributed by atoms with Crippen LogP contribution in [0.1, 0.15) is 50.7 Å². The number of nitrogens with zero attached hydrogens (tertiary/aromatic N) is 1. The molecule has 1 saturated heterocycles. The maximum atomic E-state index is 2.73. The summed E-state index contributed by atoms with van der Waals surface area (Å²) in [5, 5.41) is 0. The highest BCUT2D eigenvalue weighted by atomic mass is 15.2. The van der Waals surface area contributed by atoms with Crippen molar-refractivity contribution in [1.82, 2.24) is 4.90 Å². The average Bonchev–Trinajstić information content (AvgIpc) is 2.97. The van der Waals surface area contributed by atoms with Gasteiger partial charge < -0.3 is 0 Å². The summed E-state index contributed by atoms with van der Waals surface area (Å²) in [4.78, 5) is 2.73. The van der Waals surface area contributed by atoms with Crippen LogP contribution in [-0.4, -0.2) is 24.0 Å². The molecule has 1 aliphatic carbocycles. The first-order valence-corrected chi connectivity index (χ1v) is 7.57. The van der Waals surface area contributed by atoms with E-state index in [1.807, 2.05) is 0 Å². The lowest BCUT2D eigenvalue weighted by atomic mass is 9.81. The van der Waals surface area contributed by atoms with Crippen LogP contribution < -0.4 is 0 Å². The Labute approximate surface area is 111 Å². The zero-order valence-corrected chi connectivity index (χ0v) is 11.8. The summed E-state index contributed by atoms with van der Waals surface area (Å²) < 4.78 is 0. The molecule has 98 valence electrons. The van der Waals surface area contributed by atoms with Crippen LogP contribution in [0.15, 0.2) is 24.3 Å². The van der Waals surface area contributed by atoms with Crippen LogP contribution in [0.2, 0.25) is 0 Å². The van der Waals surface area contributed by atoms with Crippen molar-refractivity contribution in [2.24, 2.45) is 0 Å². The summed E-state index contributed by atoms with van der Waals surface area (Å²) in [6.07, 6.45) is 6.70. The first-order chi connectivity index (χ1) is 8.75. The van der Waals surface area contributed by atoms with E-state index in [-0.39, 0.29) is 0 Å². The lowest BCUT2D eigenvalue weighted by Gasteiger charge is -2.28. The fraction of sp³-hybridized carbons (Fsp3) is 0.647. The van der Waals surface area contributed by atoms with Crippen molar-refractivity contribution < 1.29 is 0 Å². The highest BCUT2D eigenvalue weighted by Gasteiger charge is 2.44. The van der Waals surface area contributed by atoms with Crippen molar-refractivity contribution in [1.29, 1.82) is 0 Å². The van der Waals surface area contributed by atoms with Gasteiger partial charge >= 0.3 is 0 Å². The van der Waals surface area contributed by atoms with Gasteiger partial charge in [-0.25, -0.2) is 0 Å². The molecule has 2 aliphatic rings. The number of fused-ring (bicyclic) bond motifs is 2. The van der Waals surface area contributed by atoms with Gasteiger partial charge in [0.15, 0.2) is 0 Å². The summed E-state index contributed by atoms with van der Waals surface area (Å²) in [5.74, 6) is 0. The van der Waals surface area contributed by atoms with E-state index in [4.69, 9.17) is 0 Å². The van der Waals surface area contributed by atoms with Gasteiger partial charge in [0.05, 0.1) is 0 Å². The zero-order valence-electron chi connectivity index (χ0n) is 11.8. The first kappa shape index (κ1) is 12.2. The van der Waals surface area contributed by atoms with Gasteiger partial charge in [0.1, 0.15) is 0 Å². The summed E-state index contributed by atoms with van der Waals surface area (Å²) >= 11 is 0. The highest BCUT2D eigenvalue weighted by molar-refractivity contribution is 5.40. The zero-order chi connectivity index (χ0) is 12.6. The lowest BCUT2D eigenvalue weighted by Crippen LogP contribution is -2.34. The quantitative estimate of drug-likeness (QED) is 0.781. The van der Waals surface area contributed by atoms with Gasteiger partial charge in [0, 0.05) is 18.0 Å². The Kier molecular flexibility index (Phi) is 3.19. The summed E-state index contributed by atoms with van der Waals surface area (Å²) in [7, 11) is 0. The molecule has 0 amide bonds. The van der Waals surface area contributed by atoms with Crippen LogP contribution >= 0.6 is 0 Å². The van der Waals surface area contributed by atoms with Gasteiger partial charge in [0.2, 0.25) is 0 Å². The molecule has 1 nitrogen and oxygen atoms in total. The SMILES string of the molecule is CCCC(C)N1CCC2(CCc3ccccc32)C1. The number of hydrogen-bond acceptors (Lipinski definition) is 1. The Morgan fingerprint density at radius 2 is 2.11 bits per heavy atom. The molecule has 1 aromatic rings. The number of aryl methyl sites for hydroxylation is 1. The molecule has 0 radical (unpaired) electrons. The van der Waals surface area contributed by atoms with Crippen molar-refractivity contribution in [3.8, 4) is 0 Å². The van der Waals surface area contributed by atoms with Gasteiger partial charge in [0.25, 0.3) is 0 Å². The maximum absolute atomic E-state index is 2.73. The van der Waals surface area contributed by atoms with Crippen LogP contribution in [0.4, 0.5) is 0 Å². The fourth-order valence-electron chi connectivity index (χ4n) is 4.07. The summed E-state index contributed by atoms with van der Waals surface area (Å²) in [6.45, 7) is 7.30. The van der Waals surface area contributed by atoms with Crippen molar-refractivity contribution in [3.05, 3.63) is 35.4 Å². The predicted molar refractivity (Wildman–Crippen MR) is 77.0 cm³/mol. The van der Waals surface area contributed by atoms with Crippen LogP contribution in [0.3, 0.4) is 0 Å². The Balaban J connectivity index is 1.80. The van der Waals surface area contributed by atoms with E-state index in [9.17, 15) is 0 Å². The molecule has 0 bridgehead atoms. The third-order valence-electron chi connectivity index (χ3n) is 5.17. The number of benzene rings is 1. The molecular formula is C17H25N. The molecular weight excluding hydrogens is 218 g/mol. The van der Waals surface area contributed by atoms with Gasteiger partial charge in [-0.2, -0.15) is 0 Å². The van der Waals surface area contributed by atoms with E-state index >= 15 is 0 Å². The molecule has 18 heavy (non-hydrogen) atoms. The second-order valence-electron chi connectivity index (χ2n) is 6.30. The van der Waals surface area contributed by atoms with Gasteiger partial charge in [-0.1, -0.05) is 37.6 Å². The molecule has 3 rings (SSSR count). The van der Waals surface area contributed by atoms with Crippen LogP contribution in [-0.2, 0) is 11.8 Å². The second-order valence-corrected chi connectivity index (χ2v) is 6.30. The Morgan fingerprint density at radius 1 is 1.28 bits per heavy atom. The van der Waals surface area contributed by atoms with E-state index in [1.165, 1.54) is 45.2 Å². The van der Waals surface area contributed by atoms with Gasteiger partial charge in [-0.05, 0) is 50.3 Å². The minimum atomic E-state index is 0.499. The van der Waals surface area contributed by atoms with E-state index < -0.39 is 0 Å². The molecule has 1 fully saturated rings. The smallest absolute Gasteiger partial charge is 0.00984 e. The Morgan fingerprint density at radius 3 is 2.94 bits per heavy atom. The van der Waals surface area contributed by atoms with Crippen molar-refractivity contribution in [3.63, 3.8) is 0 Å². The molecule has 0 aromatic heterocycles. The molecule has 1 heteroatoms. The fourth-order valence-corrected chi connectivity index (χ4v) is 4.07. The molecule has 1 aromatic carbocycles. The minimum Gasteiger partial charge on any atom is -0.300 e. The summed E-state index contributed by atoms with van der Waals surface area (Å²) in [5.41, 5.74) is 3.78. The topological polar surface area (TPSA) is 3.24 Å². The maximum Gasteiger partial charge on any atom is 0.00984 e. The van der Waals surface area contributed by atoms with Gasteiger partial charge in [-0.3, -0.25) is 4.90 Å². The van der Waals surface area contributed by atoms with Gasteiger partial charge in [-0.15, -0.1) is 0 Å². The number of hydrogen-bond donors (Lipinski definition) is 0. The molecule has 1 spiro atoms. The second kappa shape index (κ2) is 4.70. The minimum absolute atomic E-state index is 0.499. The molecule has 2 unspecified atom stereocenters. The molecule has 0 saturated carbocycles. The van der Waals surface area contributed by atoms with Crippen LogP contribution in [0, 0.1) is 0 Å². The number of rotatable bonds is 3. The molecule has 1 aliphatic heterocycles. The van der Waals surface area contributed by atoms with E-state index in [0.717, 1.165) is 6.04 Å². The predicted octanol–water partition coefficient (Wildman–Crippen LogP) is 3.76. The van der Waals surface area contributed by atoms with Crippen molar-refractivity contribution in [2.45, 2.75) is 57.4 Å². The van der Waals surface area contributed by atoms with Crippen molar-refractivity contribution >= 4 is 0 Å². The molecule has 0 N–H and O–H groups in total. The van der Waals surface area contributed by atoms with E-state index in [1.54, 1.807) is 11.1 Å². The monoisotopic (exact) mass is 243 g/mol. The molecule has 1 heterocycles. The third kappa shape index (κ3) is 1.89. The summed E-state index contributed by atoms with van der Waals surface area (Å²) in [6, 6.07) is 9.91. The Bertz CT molecular complexity index is 425. The van der Waals surface area contributed by atoms with Crippen LogP contribution in [0.25, 0.3) is 0 Å². The van der Waals surface area contributed by atoms with E-state index in [2.05, 4.69) is 43.0 Å². The standard InChI is InChI=1S/C17H25N/c1-3-6-14(2)18-12-11-17(13-18)10-9-15-7-4-5-8-16(15)17/h4-5,7-8,14H,3,6,9-13H2,1-2H3. The first-order valence-electron chi connectivity index (χ1n) is 7.57. The van der Waals surface area contributed by atoms with Crippen LogP contribution in [0.5, 0.6) is 0 Å². The Hall–Kier alpha value is -0.820. The normalized spacial score (nSPS) is 28.8. The average molecular weight is 243 g/mol. The van der Waals surface area contributed by atoms with E-state index in [0.29, 0.717) is 5.41 Å². The lowest BCUT2D eigenvalue weighted by molar-refractivity contribution is 0.229. The highest BCUT2D eigenvalue weighted by Crippen LogP contribution is 2.45. The number of likely N-dealkylation sites (tertiary alicyclic amines) is 1. The third-order valence-corrected chi connectivity index (χ3v) is 5.17. The largest absolute Gasteiger partial charge is 0.300 e. The molecule has 2 atom stereocenters.